The number of rotatable bonds is 2. The molecule has 0 spiro atoms. The van der Waals surface area contributed by atoms with Crippen LogP contribution in [0.4, 0.5) is 13.2 Å². The van der Waals surface area contributed by atoms with Gasteiger partial charge in [-0.15, -0.1) is 13.2 Å². The van der Waals surface area contributed by atoms with Gasteiger partial charge in [0.05, 0.1) is 0 Å². The van der Waals surface area contributed by atoms with E-state index in [9.17, 15) is 13.2 Å². The van der Waals surface area contributed by atoms with Crippen LogP contribution < -0.4 is 9.47 Å². The second kappa shape index (κ2) is 6.07. The predicted molar refractivity (Wildman–Crippen MR) is 82.5 cm³/mol. The van der Waals surface area contributed by atoms with Crippen LogP contribution in [0.1, 0.15) is 19.4 Å². The van der Waals surface area contributed by atoms with Crippen molar-refractivity contribution in [1.82, 2.24) is 4.90 Å². The van der Waals surface area contributed by atoms with Gasteiger partial charge >= 0.3 is 6.36 Å². The predicted octanol–water partition coefficient (Wildman–Crippen LogP) is 3.58. The number of ether oxygens (including phenoxy) is 2. The Balaban J connectivity index is 2.59. The minimum atomic E-state index is -4.79. The molecule has 0 N–H and O–H groups in total. The van der Waals surface area contributed by atoms with Crippen LogP contribution in [0, 0.1) is 11.5 Å². The molecule has 24 heavy (non-hydrogen) atoms. The maximum Gasteiger partial charge on any atom is 0.573 e. The lowest BCUT2D eigenvalue weighted by molar-refractivity contribution is -0.274. The van der Waals surface area contributed by atoms with Gasteiger partial charge in [-0.25, -0.2) is 0 Å². The lowest BCUT2D eigenvalue weighted by Crippen LogP contribution is -2.33. The highest BCUT2D eigenvalue weighted by molar-refractivity contribution is 6.24. The maximum absolute atomic E-state index is 12.5. The van der Waals surface area contributed by atoms with E-state index in [1.807, 2.05) is 0 Å². The van der Waals surface area contributed by atoms with Gasteiger partial charge < -0.3 is 14.4 Å². The summed E-state index contributed by atoms with van der Waals surface area (Å²) < 4.78 is 47.1. The number of benzene rings is 1. The van der Waals surface area contributed by atoms with Crippen molar-refractivity contribution in [1.29, 1.82) is 5.26 Å². The Bertz CT molecular complexity index is 744. The Kier molecular flexibility index (Phi) is 4.47. The Morgan fingerprint density at radius 3 is 2.54 bits per heavy atom. The Morgan fingerprint density at radius 2 is 2.00 bits per heavy atom. The maximum atomic E-state index is 12.5. The molecule has 1 aliphatic rings. The Labute approximate surface area is 137 Å². The largest absolute Gasteiger partial charge is 0.573 e. The molecule has 0 bridgehead atoms. The smallest absolute Gasteiger partial charge is 0.483 e. The molecule has 1 aliphatic heterocycles. The molecule has 128 valence electrons. The fourth-order valence-corrected chi connectivity index (χ4v) is 2.38. The number of nitriles is 1. The zero-order valence-electron chi connectivity index (χ0n) is 13.6. The van der Waals surface area contributed by atoms with Gasteiger partial charge in [0.1, 0.15) is 22.9 Å². The number of likely N-dealkylation sites (N-methyl/N-ethyl adjacent to an activating group) is 1. The minimum Gasteiger partial charge on any atom is -0.483 e. The molecule has 2 rings (SSSR count). The summed E-state index contributed by atoms with van der Waals surface area (Å²) in [5.41, 5.74) is 0.167. The summed E-state index contributed by atoms with van der Waals surface area (Å²) in [6.45, 7) is 3.60. The highest BCUT2D eigenvalue weighted by Gasteiger charge is 2.33. The highest BCUT2D eigenvalue weighted by atomic mass is 19.4. The second-order valence-electron chi connectivity index (χ2n) is 5.90. The van der Waals surface area contributed by atoms with Crippen LogP contribution in [0.2, 0.25) is 0 Å². The lowest BCUT2D eigenvalue weighted by Gasteiger charge is -2.32. The van der Waals surface area contributed by atoms with Crippen LogP contribution in [0.3, 0.4) is 0 Å². The van der Waals surface area contributed by atoms with E-state index in [0.717, 1.165) is 0 Å². The van der Waals surface area contributed by atoms with E-state index in [0.29, 0.717) is 22.7 Å². The molecule has 0 aromatic heterocycles. The van der Waals surface area contributed by atoms with Crippen molar-refractivity contribution in [2.24, 2.45) is 4.99 Å². The third-order valence-corrected chi connectivity index (χ3v) is 3.16. The van der Waals surface area contributed by atoms with E-state index in [2.05, 4.69) is 9.73 Å². The number of aliphatic imine (C=N–C) groups is 1. The average molecular weight is 339 g/mol. The molecule has 0 saturated carbocycles. The molecule has 0 amide bonds. The normalized spacial score (nSPS) is 16.4. The lowest BCUT2D eigenvalue weighted by atomic mass is 9.93. The van der Waals surface area contributed by atoms with Gasteiger partial charge in [-0.2, -0.15) is 10.3 Å². The van der Waals surface area contributed by atoms with Gasteiger partial charge in [-0.3, -0.25) is 0 Å². The van der Waals surface area contributed by atoms with Gasteiger partial charge in [0.2, 0.25) is 6.19 Å². The summed E-state index contributed by atoms with van der Waals surface area (Å²) >= 11 is 0. The zero-order valence-corrected chi connectivity index (χ0v) is 13.6. The molecule has 1 heterocycles. The SMILES string of the molecule is CN(C)C(=NC#N)C1=CC(C)(C)Oc2ccc(OC(F)(F)F)cc21. The standard InChI is InChI=1S/C16H16F3N3O2/c1-15(2)8-12(14(21-9-20)22(3)4)11-7-10(23-16(17,18)19)5-6-13(11)24-15/h5-8H,1-4H3. The molecule has 8 heteroatoms. The zero-order chi connectivity index (χ0) is 18.1. The van der Waals surface area contributed by atoms with Crippen molar-refractivity contribution in [3.05, 3.63) is 29.8 Å². The average Bonchev–Trinajstić information content (AvgIpc) is 2.42. The first kappa shape index (κ1) is 17.7. The molecule has 0 aliphatic carbocycles. The fourth-order valence-electron chi connectivity index (χ4n) is 2.38. The van der Waals surface area contributed by atoms with Crippen LogP contribution >= 0.6 is 0 Å². The van der Waals surface area contributed by atoms with Crippen molar-refractivity contribution in [2.45, 2.75) is 25.8 Å². The monoisotopic (exact) mass is 339 g/mol. The third-order valence-electron chi connectivity index (χ3n) is 3.16. The van der Waals surface area contributed by atoms with Crippen molar-refractivity contribution in [2.75, 3.05) is 14.1 Å². The second-order valence-corrected chi connectivity index (χ2v) is 5.90. The van der Waals surface area contributed by atoms with Crippen LogP contribution in [-0.2, 0) is 0 Å². The van der Waals surface area contributed by atoms with Gasteiger partial charge in [0, 0.05) is 25.2 Å². The number of halogens is 3. The number of alkyl halides is 3. The summed E-state index contributed by atoms with van der Waals surface area (Å²) in [6, 6.07) is 3.81. The fraction of sp³-hybridized carbons (Fsp3) is 0.375. The van der Waals surface area contributed by atoms with E-state index >= 15 is 0 Å². The Hall–Kier alpha value is -2.69. The number of nitrogens with zero attached hydrogens (tertiary/aromatic N) is 3. The molecule has 5 nitrogen and oxygen atoms in total. The van der Waals surface area contributed by atoms with Gasteiger partial charge in [0.15, 0.2) is 0 Å². The topological polar surface area (TPSA) is 57.9 Å². The Morgan fingerprint density at radius 1 is 1.33 bits per heavy atom. The molecule has 1 aromatic carbocycles. The van der Waals surface area contributed by atoms with E-state index in [1.165, 1.54) is 18.2 Å². The van der Waals surface area contributed by atoms with E-state index < -0.39 is 12.0 Å². The molecule has 1 aromatic rings. The van der Waals surface area contributed by atoms with Gasteiger partial charge in [-0.05, 0) is 38.1 Å². The van der Waals surface area contributed by atoms with Crippen LogP contribution in [0.15, 0.2) is 29.3 Å². The summed E-state index contributed by atoms with van der Waals surface area (Å²) in [4.78, 5) is 5.39. The first-order chi connectivity index (χ1) is 11.0. The highest BCUT2D eigenvalue weighted by Crippen LogP contribution is 2.40. The number of fused-ring (bicyclic) bond motifs is 1. The van der Waals surface area contributed by atoms with E-state index in [4.69, 9.17) is 10.00 Å². The van der Waals surface area contributed by atoms with Crippen molar-refractivity contribution in [3.63, 3.8) is 0 Å². The number of amidine groups is 1. The molecule has 0 saturated heterocycles. The molecule has 0 radical (unpaired) electrons. The quantitative estimate of drug-likeness (QED) is 0.469. The van der Waals surface area contributed by atoms with E-state index in [-0.39, 0.29) is 5.75 Å². The third kappa shape index (κ3) is 3.98. The van der Waals surface area contributed by atoms with Crippen molar-refractivity contribution < 1.29 is 22.6 Å². The van der Waals surface area contributed by atoms with Crippen molar-refractivity contribution >= 4 is 11.4 Å². The molecular weight excluding hydrogens is 323 g/mol. The van der Waals surface area contributed by atoms with Crippen molar-refractivity contribution in [3.8, 4) is 17.7 Å². The summed E-state index contributed by atoms with van der Waals surface area (Å²) in [6.07, 6.45) is -1.37. The van der Waals surface area contributed by atoms with Crippen LogP contribution in [0.5, 0.6) is 11.5 Å². The molecule has 0 unspecified atom stereocenters. The first-order valence-corrected chi connectivity index (χ1v) is 6.99. The molecule has 0 atom stereocenters. The number of hydrogen-bond donors (Lipinski definition) is 0. The van der Waals surface area contributed by atoms with Gasteiger partial charge in [-0.1, -0.05) is 0 Å². The molecular formula is C16H16F3N3O2. The van der Waals surface area contributed by atoms with Crippen LogP contribution in [0.25, 0.3) is 5.57 Å². The number of hydrogen-bond acceptors (Lipinski definition) is 4. The first-order valence-electron chi connectivity index (χ1n) is 6.99. The summed E-state index contributed by atoms with van der Waals surface area (Å²) in [7, 11) is 3.38. The summed E-state index contributed by atoms with van der Waals surface area (Å²) in [5, 5.41) is 8.91. The van der Waals surface area contributed by atoms with E-state index in [1.54, 1.807) is 45.1 Å². The van der Waals surface area contributed by atoms with Crippen LogP contribution in [-0.4, -0.2) is 36.8 Å². The summed E-state index contributed by atoms with van der Waals surface area (Å²) in [5.74, 6) is 0.337. The van der Waals surface area contributed by atoms with Gasteiger partial charge in [0.25, 0.3) is 0 Å². The molecule has 0 fully saturated rings. The minimum absolute atomic E-state index is 0.319.